The van der Waals surface area contributed by atoms with Crippen LogP contribution < -0.4 is 0 Å². The van der Waals surface area contributed by atoms with E-state index in [0.717, 1.165) is 70.6 Å². The lowest BCUT2D eigenvalue weighted by Gasteiger charge is -2.18. The highest BCUT2D eigenvalue weighted by Crippen LogP contribution is 2.16. The number of hydrogen-bond acceptors (Lipinski definition) is 6. The van der Waals surface area contributed by atoms with Gasteiger partial charge in [-0.25, -0.2) is 0 Å². The van der Waals surface area contributed by atoms with E-state index in [2.05, 4.69) is 93.7 Å². The van der Waals surface area contributed by atoms with Crippen molar-refractivity contribution in [1.29, 1.82) is 0 Å². The van der Waals surface area contributed by atoms with Crippen molar-refractivity contribution >= 4 is 17.9 Å². The second-order valence-corrected chi connectivity index (χ2v) is 20.3. The number of unbranched alkanes of at least 4 members (excludes halogenated alkanes) is 32. The van der Waals surface area contributed by atoms with Crippen molar-refractivity contribution in [2.24, 2.45) is 0 Å². The van der Waals surface area contributed by atoms with Gasteiger partial charge in [-0.1, -0.05) is 267 Å². The van der Waals surface area contributed by atoms with Gasteiger partial charge < -0.3 is 14.2 Å². The van der Waals surface area contributed by atoms with E-state index in [1.54, 1.807) is 0 Å². The van der Waals surface area contributed by atoms with Gasteiger partial charge in [-0.15, -0.1) is 0 Å². The number of esters is 3. The maximum atomic E-state index is 12.9. The topological polar surface area (TPSA) is 78.9 Å². The molecule has 0 fully saturated rings. The number of allylic oxidation sites excluding steroid dienone is 12. The Balaban J connectivity index is 4.44. The molecule has 0 aromatic heterocycles. The summed E-state index contributed by atoms with van der Waals surface area (Å²) in [6.45, 7) is 6.57. The zero-order valence-electron chi connectivity index (χ0n) is 47.0. The lowest BCUT2D eigenvalue weighted by molar-refractivity contribution is -0.167. The predicted molar refractivity (Wildman–Crippen MR) is 307 cm³/mol. The van der Waals surface area contributed by atoms with E-state index >= 15 is 0 Å². The van der Waals surface area contributed by atoms with Gasteiger partial charge in [0.05, 0.1) is 0 Å². The van der Waals surface area contributed by atoms with Crippen molar-refractivity contribution in [3.63, 3.8) is 0 Å². The summed E-state index contributed by atoms with van der Waals surface area (Å²) in [6.07, 6.45) is 76.1. The van der Waals surface area contributed by atoms with E-state index in [9.17, 15) is 14.4 Å². The van der Waals surface area contributed by atoms with Crippen molar-refractivity contribution < 1.29 is 28.6 Å². The molecular weight excluding hydrogens is 877 g/mol. The Morgan fingerprint density at radius 1 is 0.282 bits per heavy atom. The Labute approximate surface area is 440 Å². The van der Waals surface area contributed by atoms with Crippen LogP contribution in [-0.4, -0.2) is 37.2 Å². The van der Waals surface area contributed by atoms with Crippen LogP contribution in [0.15, 0.2) is 72.9 Å². The average Bonchev–Trinajstić information content (AvgIpc) is 3.37. The normalized spacial score (nSPS) is 12.5. The van der Waals surface area contributed by atoms with E-state index in [1.807, 2.05) is 0 Å². The molecule has 0 saturated heterocycles. The summed E-state index contributed by atoms with van der Waals surface area (Å²) in [7, 11) is 0. The van der Waals surface area contributed by atoms with E-state index in [0.29, 0.717) is 19.3 Å². The van der Waals surface area contributed by atoms with Gasteiger partial charge in [0.2, 0.25) is 0 Å². The molecule has 0 bridgehead atoms. The molecule has 0 aliphatic heterocycles. The molecule has 71 heavy (non-hydrogen) atoms. The van der Waals surface area contributed by atoms with Crippen LogP contribution in [-0.2, 0) is 28.6 Å². The van der Waals surface area contributed by atoms with Gasteiger partial charge in [-0.2, -0.15) is 0 Å². The summed E-state index contributed by atoms with van der Waals surface area (Å²) < 4.78 is 16.9. The maximum Gasteiger partial charge on any atom is 0.306 e. The fourth-order valence-corrected chi connectivity index (χ4v) is 8.58. The molecule has 0 spiro atoms. The summed E-state index contributed by atoms with van der Waals surface area (Å²) in [5, 5.41) is 0. The Kier molecular flexibility index (Phi) is 56.8. The number of carbonyl (C=O) groups is 3. The van der Waals surface area contributed by atoms with E-state index < -0.39 is 6.10 Å². The minimum atomic E-state index is -0.805. The summed E-state index contributed by atoms with van der Waals surface area (Å²) in [4.78, 5) is 38.2. The smallest absolute Gasteiger partial charge is 0.306 e. The third-order valence-electron chi connectivity index (χ3n) is 13.2. The van der Waals surface area contributed by atoms with Crippen molar-refractivity contribution in [3.05, 3.63) is 72.9 Å². The van der Waals surface area contributed by atoms with Crippen LogP contribution in [0.4, 0.5) is 0 Å². The molecule has 0 aromatic rings. The molecule has 0 rings (SSSR count). The number of ether oxygens (including phenoxy) is 3. The number of hydrogen-bond donors (Lipinski definition) is 0. The molecule has 0 N–H and O–H groups in total. The van der Waals surface area contributed by atoms with E-state index in [1.165, 1.54) is 186 Å². The van der Waals surface area contributed by atoms with Gasteiger partial charge in [0.25, 0.3) is 0 Å². The molecular formula is C65H114O6. The van der Waals surface area contributed by atoms with Crippen LogP contribution in [0.1, 0.15) is 303 Å². The lowest BCUT2D eigenvalue weighted by Crippen LogP contribution is -2.30. The van der Waals surface area contributed by atoms with Gasteiger partial charge in [-0.05, 0) is 89.9 Å². The SMILES string of the molecule is CCCCC/C=C\C/C=C\C/C=C\C/C=C\CCCC(=O)O[C@@H](COC(=O)CCCCCCCCCCC/C=C\C/C=C\CCCCC)COC(=O)CCCCCCCCCCCCCCCCCCC. The number of rotatable bonds is 55. The molecule has 0 unspecified atom stereocenters. The van der Waals surface area contributed by atoms with Gasteiger partial charge >= 0.3 is 17.9 Å². The standard InChI is InChI=1S/C65H114O6/c1-4-7-10-13-16-19-22-25-28-31-32-35-37-40-43-46-49-52-55-58-64(67)70-61-62(71-65(68)59-56-53-50-47-44-41-38-34-30-27-24-21-18-15-12-9-6-3)60-69-63(66)57-54-51-48-45-42-39-36-33-29-26-23-20-17-14-11-8-5-2/h16,18-19,21,25,27-28,30,38,41,47,50,62H,4-15,17,20,22-24,26,29,31-37,39-40,42-46,48-49,51-61H2,1-3H3/b19-16-,21-18-,28-25-,30-27-,41-38-,50-47-/t62-/m1/s1. The van der Waals surface area contributed by atoms with Gasteiger partial charge in [0.15, 0.2) is 6.10 Å². The first-order chi connectivity index (χ1) is 35.0. The minimum Gasteiger partial charge on any atom is -0.462 e. The van der Waals surface area contributed by atoms with Crippen molar-refractivity contribution in [1.82, 2.24) is 0 Å². The molecule has 0 saturated carbocycles. The Morgan fingerprint density at radius 2 is 0.521 bits per heavy atom. The quantitative estimate of drug-likeness (QED) is 0.0261. The van der Waals surface area contributed by atoms with E-state index in [-0.39, 0.29) is 37.5 Å². The highest BCUT2D eigenvalue weighted by atomic mass is 16.6. The summed E-state index contributed by atoms with van der Waals surface area (Å²) in [5.74, 6) is -0.944. The van der Waals surface area contributed by atoms with Crippen LogP contribution >= 0.6 is 0 Å². The molecule has 0 aliphatic carbocycles. The van der Waals surface area contributed by atoms with Gasteiger partial charge in [0.1, 0.15) is 13.2 Å². The molecule has 410 valence electrons. The Hall–Kier alpha value is -3.15. The van der Waals surface area contributed by atoms with Crippen LogP contribution in [0.25, 0.3) is 0 Å². The third kappa shape index (κ3) is 57.6. The fraction of sp³-hybridized carbons (Fsp3) is 0.769. The zero-order valence-corrected chi connectivity index (χ0v) is 47.0. The summed E-state index contributed by atoms with van der Waals surface area (Å²) >= 11 is 0. The lowest BCUT2D eigenvalue weighted by atomic mass is 10.0. The third-order valence-corrected chi connectivity index (χ3v) is 13.2. The summed E-state index contributed by atoms with van der Waals surface area (Å²) in [6, 6.07) is 0. The van der Waals surface area contributed by atoms with Crippen molar-refractivity contribution in [2.45, 2.75) is 309 Å². The minimum absolute atomic E-state index is 0.0957. The van der Waals surface area contributed by atoms with Crippen LogP contribution in [0, 0.1) is 0 Å². The van der Waals surface area contributed by atoms with Crippen molar-refractivity contribution in [2.75, 3.05) is 13.2 Å². The Bertz CT molecular complexity index is 1320. The van der Waals surface area contributed by atoms with Crippen LogP contribution in [0.5, 0.6) is 0 Å². The number of carbonyl (C=O) groups excluding carboxylic acids is 3. The first-order valence-electron chi connectivity index (χ1n) is 30.4. The fourth-order valence-electron chi connectivity index (χ4n) is 8.58. The Morgan fingerprint density at radius 3 is 0.859 bits per heavy atom. The van der Waals surface area contributed by atoms with Gasteiger partial charge in [0, 0.05) is 19.3 Å². The molecule has 6 heteroatoms. The molecule has 6 nitrogen and oxygen atoms in total. The van der Waals surface area contributed by atoms with Crippen LogP contribution in [0.2, 0.25) is 0 Å². The molecule has 0 heterocycles. The molecule has 0 amide bonds. The monoisotopic (exact) mass is 991 g/mol. The second-order valence-electron chi connectivity index (χ2n) is 20.3. The molecule has 0 aromatic carbocycles. The second kappa shape index (κ2) is 59.4. The van der Waals surface area contributed by atoms with Crippen molar-refractivity contribution in [3.8, 4) is 0 Å². The average molecular weight is 992 g/mol. The highest BCUT2D eigenvalue weighted by molar-refractivity contribution is 5.71. The first kappa shape index (κ1) is 67.8. The molecule has 0 aliphatic rings. The molecule has 1 atom stereocenters. The maximum absolute atomic E-state index is 12.9. The van der Waals surface area contributed by atoms with Crippen LogP contribution in [0.3, 0.4) is 0 Å². The zero-order chi connectivity index (χ0) is 51.4. The molecule has 0 radical (unpaired) electrons. The van der Waals surface area contributed by atoms with Gasteiger partial charge in [-0.3, -0.25) is 14.4 Å². The highest BCUT2D eigenvalue weighted by Gasteiger charge is 2.19. The summed E-state index contributed by atoms with van der Waals surface area (Å²) in [5.41, 5.74) is 0. The van der Waals surface area contributed by atoms with E-state index in [4.69, 9.17) is 14.2 Å². The first-order valence-corrected chi connectivity index (χ1v) is 30.4. The predicted octanol–water partition coefficient (Wildman–Crippen LogP) is 20.5. The largest absolute Gasteiger partial charge is 0.462 e.